The SMILES string of the molecule is CC(C)C(CBr)CN1CCCC1C. The van der Waals surface area contributed by atoms with Gasteiger partial charge in [0.2, 0.25) is 0 Å². The van der Waals surface area contributed by atoms with Gasteiger partial charge < -0.3 is 4.90 Å². The average molecular weight is 248 g/mol. The summed E-state index contributed by atoms with van der Waals surface area (Å²) in [5.74, 6) is 1.62. The first-order valence-electron chi connectivity index (χ1n) is 5.45. The fourth-order valence-corrected chi connectivity index (χ4v) is 2.96. The number of hydrogen-bond acceptors (Lipinski definition) is 1. The van der Waals surface area contributed by atoms with E-state index < -0.39 is 0 Å². The van der Waals surface area contributed by atoms with Gasteiger partial charge >= 0.3 is 0 Å². The van der Waals surface area contributed by atoms with Gasteiger partial charge in [-0.3, -0.25) is 0 Å². The predicted octanol–water partition coefficient (Wildman–Crippen LogP) is 3.14. The normalized spacial score (nSPS) is 27.0. The van der Waals surface area contributed by atoms with Crippen molar-refractivity contribution >= 4 is 15.9 Å². The number of rotatable bonds is 4. The third-order valence-electron chi connectivity index (χ3n) is 3.30. The van der Waals surface area contributed by atoms with Crippen molar-refractivity contribution in [3.05, 3.63) is 0 Å². The highest BCUT2D eigenvalue weighted by Crippen LogP contribution is 2.22. The molecule has 1 heterocycles. The maximum Gasteiger partial charge on any atom is 0.00743 e. The number of nitrogens with zero attached hydrogens (tertiary/aromatic N) is 1. The maximum absolute atomic E-state index is 3.62. The van der Waals surface area contributed by atoms with Crippen LogP contribution in [-0.4, -0.2) is 29.4 Å². The molecule has 1 nitrogen and oxygen atoms in total. The highest BCUT2D eigenvalue weighted by atomic mass is 79.9. The van der Waals surface area contributed by atoms with E-state index in [0.29, 0.717) is 0 Å². The highest BCUT2D eigenvalue weighted by Gasteiger charge is 2.23. The molecule has 2 unspecified atom stereocenters. The van der Waals surface area contributed by atoms with Crippen molar-refractivity contribution < 1.29 is 0 Å². The van der Waals surface area contributed by atoms with Gasteiger partial charge in [-0.05, 0) is 38.1 Å². The van der Waals surface area contributed by atoms with Crippen LogP contribution in [0.4, 0.5) is 0 Å². The van der Waals surface area contributed by atoms with Gasteiger partial charge in [0.05, 0.1) is 0 Å². The van der Waals surface area contributed by atoms with Crippen molar-refractivity contribution in [3.8, 4) is 0 Å². The predicted molar refractivity (Wildman–Crippen MR) is 62.4 cm³/mol. The van der Waals surface area contributed by atoms with Gasteiger partial charge in [-0.15, -0.1) is 0 Å². The Morgan fingerprint density at radius 3 is 2.54 bits per heavy atom. The van der Waals surface area contributed by atoms with Crippen LogP contribution in [0.2, 0.25) is 0 Å². The molecule has 0 bridgehead atoms. The summed E-state index contributed by atoms with van der Waals surface area (Å²) >= 11 is 3.62. The second-order valence-corrected chi connectivity index (χ2v) is 5.29. The summed E-state index contributed by atoms with van der Waals surface area (Å²) in [5.41, 5.74) is 0. The first-order valence-corrected chi connectivity index (χ1v) is 6.57. The van der Waals surface area contributed by atoms with Gasteiger partial charge in [0.1, 0.15) is 0 Å². The second kappa shape index (κ2) is 5.35. The van der Waals surface area contributed by atoms with Crippen LogP contribution in [0.1, 0.15) is 33.6 Å². The largest absolute Gasteiger partial charge is 0.300 e. The minimum Gasteiger partial charge on any atom is -0.300 e. The van der Waals surface area contributed by atoms with Gasteiger partial charge in [-0.2, -0.15) is 0 Å². The van der Waals surface area contributed by atoms with E-state index in [9.17, 15) is 0 Å². The summed E-state index contributed by atoms with van der Waals surface area (Å²) < 4.78 is 0. The molecule has 1 aliphatic rings. The zero-order valence-corrected chi connectivity index (χ0v) is 10.7. The van der Waals surface area contributed by atoms with Crippen LogP contribution in [0, 0.1) is 11.8 Å². The van der Waals surface area contributed by atoms with E-state index in [1.54, 1.807) is 0 Å². The monoisotopic (exact) mass is 247 g/mol. The summed E-state index contributed by atoms with van der Waals surface area (Å²) in [6.07, 6.45) is 2.79. The molecule has 0 radical (unpaired) electrons. The smallest absolute Gasteiger partial charge is 0.00743 e. The van der Waals surface area contributed by atoms with Crippen molar-refractivity contribution in [2.24, 2.45) is 11.8 Å². The van der Waals surface area contributed by atoms with Crippen molar-refractivity contribution in [1.29, 1.82) is 0 Å². The van der Waals surface area contributed by atoms with Crippen LogP contribution in [0.3, 0.4) is 0 Å². The Hall–Kier alpha value is 0.440. The van der Waals surface area contributed by atoms with E-state index in [2.05, 4.69) is 41.6 Å². The molecular formula is C11H22BrN. The topological polar surface area (TPSA) is 3.24 Å². The van der Waals surface area contributed by atoms with Crippen molar-refractivity contribution in [2.75, 3.05) is 18.4 Å². The Labute approximate surface area is 91.0 Å². The summed E-state index contributed by atoms with van der Waals surface area (Å²) in [4.78, 5) is 2.64. The van der Waals surface area contributed by atoms with Crippen molar-refractivity contribution in [2.45, 2.75) is 39.7 Å². The Morgan fingerprint density at radius 2 is 2.15 bits per heavy atom. The molecule has 0 amide bonds. The Balaban J connectivity index is 2.36. The molecule has 0 spiro atoms. The molecule has 1 fully saturated rings. The number of alkyl halides is 1. The average Bonchev–Trinajstić information content (AvgIpc) is 2.46. The molecule has 1 rings (SSSR count). The van der Waals surface area contributed by atoms with Crippen LogP contribution >= 0.6 is 15.9 Å². The third-order valence-corrected chi connectivity index (χ3v) is 4.13. The molecular weight excluding hydrogens is 226 g/mol. The van der Waals surface area contributed by atoms with E-state index in [1.165, 1.54) is 25.9 Å². The molecule has 0 aliphatic carbocycles. The molecule has 1 aliphatic heterocycles. The van der Waals surface area contributed by atoms with Crippen LogP contribution in [0.15, 0.2) is 0 Å². The van der Waals surface area contributed by atoms with E-state index in [-0.39, 0.29) is 0 Å². The van der Waals surface area contributed by atoms with E-state index in [4.69, 9.17) is 0 Å². The molecule has 0 aromatic carbocycles. The minimum atomic E-state index is 0.798. The lowest BCUT2D eigenvalue weighted by atomic mass is 9.97. The lowest BCUT2D eigenvalue weighted by Crippen LogP contribution is -2.34. The standard InChI is InChI=1S/C11H22BrN/c1-9(2)11(7-12)8-13-6-4-5-10(13)3/h9-11H,4-8H2,1-3H3. The molecule has 0 aromatic heterocycles. The van der Waals surface area contributed by atoms with E-state index in [1.807, 2.05) is 0 Å². The summed E-state index contributed by atoms with van der Waals surface area (Å²) in [7, 11) is 0. The lowest BCUT2D eigenvalue weighted by molar-refractivity contribution is 0.209. The molecule has 0 saturated carbocycles. The molecule has 0 aromatic rings. The third kappa shape index (κ3) is 3.25. The van der Waals surface area contributed by atoms with E-state index in [0.717, 1.165) is 23.2 Å². The number of halogens is 1. The fourth-order valence-electron chi connectivity index (χ4n) is 2.00. The first kappa shape index (κ1) is 11.5. The van der Waals surface area contributed by atoms with Crippen molar-refractivity contribution in [3.63, 3.8) is 0 Å². The number of hydrogen-bond donors (Lipinski definition) is 0. The molecule has 13 heavy (non-hydrogen) atoms. The summed E-state index contributed by atoms with van der Waals surface area (Å²) in [5, 5.41) is 1.15. The first-order chi connectivity index (χ1) is 6.15. The maximum atomic E-state index is 3.62. The highest BCUT2D eigenvalue weighted by molar-refractivity contribution is 9.09. The van der Waals surface area contributed by atoms with E-state index >= 15 is 0 Å². The van der Waals surface area contributed by atoms with Gasteiger partial charge in [-0.1, -0.05) is 29.8 Å². The molecule has 1 saturated heterocycles. The summed E-state index contributed by atoms with van der Waals surface area (Å²) in [6, 6.07) is 0.820. The van der Waals surface area contributed by atoms with Crippen LogP contribution < -0.4 is 0 Å². The zero-order chi connectivity index (χ0) is 9.84. The lowest BCUT2D eigenvalue weighted by Gasteiger charge is -2.28. The minimum absolute atomic E-state index is 0.798. The van der Waals surface area contributed by atoms with Crippen LogP contribution in [0.5, 0.6) is 0 Å². The summed E-state index contributed by atoms with van der Waals surface area (Å²) in [6.45, 7) is 9.61. The fraction of sp³-hybridized carbons (Fsp3) is 1.00. The molecule has 0 N–H and O–H groups in total. The molecule has 2 atom stereocenters. The van der Waals surface area contributed by atoms with Crippen LogP contribution in [-0.2, 0) is 0 Å². The number of likely N-dealkylation sites (tertiary alicyclic amines) is 1. The Bertz CT molecular complexity index is 147. The molecule has 78 valence electrons. The van der Waals surface area contributed by atoms with Gasteiger partial charge in [0, 0.05) is 17.9 Å². The second-order valence-electron chi connectivity index (χ2n) is 4.64. The molecule has 2 heteroatoms. The van der Waals surface area contributed by atoms with Gasteiger partial charge in [-0.25, -0.2) is 0 Å². The van der Waals surface area contributed by atoms with Crippen molar-refractivity contribution in [1.82, 2.24) is 4.90 Å². The zero-order valence-electron chi connectivity index (χ0n) is 9.09. The van der Waals surface area contributed by atoms with Gasteiger partial charge in [0.25, 0.3) is 0 Å². The Morgan fingerprint density at radius 1 is 1.46 bits per heavy atom. The Kier molecular flexibility index (Phi) is 4.74. The quantitative estimate of drug-likeness (QED) is 0.691. The van der Waals surface area contributed by atoms with Gasteiger partial charge in [0.15, 0.2) is 0 Å². The van der Waals surface area contributed by atoms with Crippen LogP contribution in [0.25, 0.3) is 0 Å².